The molecular formula is C13H14N6. The lowest BCUT2D eigenvalue weighted by Crippen LogP contribution is -1.98. The van der Waals surface area contributed by atoms with Crippen LogP contribution in [0.4, 0.5) is 5.82 Å². The van der Waals surface area contributed by atoms with Crippen LogP contribution in [0.15, 0.2) is 24.7 Å². The Labute approximate surface area is 110 Å². The van der Waals surface area contributed by atoms with E-state index < -0.39 is 0 Å². The fraction of sp³-hybridized carbons (Fsp3) is 0.231. The lowest BCUT2D eigenvalue weighted by atomic mass is 10.1. The van der Waals surface area contributed by atoms with Gasteiger partial charge in [-0.15, -0.1) is 0 Å². The second-order valence-corrected chi connectivity index (χ2v) is 4.33. The minimum absolute atomic E-state index is 0.726. The Bertz CT molecular complexity index is 746. The first-order chi connectivity index (χ1) is 9.19. The van der Waals surface area contributed by atoms with Crippen LogP contribution in [0.5, 0.6) is 0 Å². The van der Waals surface area contributed by atoms with E-state index in [1.165, 1.54) is 0 Å². The van der Waals surface area contributed by atoms with E-state index in [9.17, 15) is 0 Å². The summed E-state index contributed by atoms with van der Waals surface area (Å²) in [6, 6.07) is 1.94. The number of aromatic nitrogens is 5. The van der Waals surface area contributed by atoms with Gasteiger partial charge in [0, 0.05) is 38.2 Å². The molecule has 0 bridgehead atoms. The summed E-state index contributed by atoms with van der Waals surface area (Å²) in [6.45, 7) is 1.97. The van der Waals surface area contributed by atoms with Crippen molar-refractivity contribution < 1.29 is 0 Å². The fourth-order valence-corrected chi connectivity index (χ4v) is 2.14. The zero-order chi connectivity index (χ0) is 13.4. The number of anilines is 1. The minimum atomic E-state index is 0.726. The van der Waals surface area contributed by atoms with Gasteiger partial charge in [-0.25, -0.2) is 9.97 Å². The van der Waals surface area contributed by atoms with E-state index in [1.807, 2.05) is 33.3 Å². The maximum absolute atomic E-state index is 4.60. The monoisotopic (exact) mass is 254 g/mol. The van der Waals surface area contributed by atoms with Crippen LogP contribution in [0.25, 0.3) is 22.3 Å². The summed E-state index contributed by atoms with van der Waals surface area (Å²) in [5.74, 6) is 0.726. The molecule has 19 heavy (non-hydrogen) atoms. The third kappa shape index (κ3) is 1.91. The Morgan fingerprint density at radius 1 is 1.21 bits per heavy atom. The van der Waals surface area contributed by atoms with Crippen molar-refractivity contribution in [3.05, 3.63) is 30.4 Å². The molecule has 3 rings (SSSR count). The van der Waals surface area contributed by atoms with Crippen LogP contribution >= 0.6 is 0 Å². The summed E-state index contributed by atoms with van der Waals surface area (Å²) in [6.07, 6.45) is 5.31. The summed E-state index contributed by atoms with van der Waals surface area (Å²) < 4.78 is 1.78. The van der Waals surface area contributed by atoms with Crippen molar-refractivity contribution in [2.75, 3.05) is 12.4 Å². The Kier molecular flexibility index (Phi) is 2.63. The van der Waals surface area contributed by atoms with Gasteiger partial charge in [0.25, 0.3) is 0 Å². The third-order valence-corrected chi connectivity index (χ3v) is 2.98. The molecule has 3 heterocycles. The van der Waals surface area contributed by atoms with Crippen LogP contribution in [0.2, 0.25) is 0 Å². The molecule has 0 aliphatic rings. The molecule has 3 aromatic rings. The minimum Gasteiger partial charge on any atom is -0.371 e. The van der Waals surface area contributed by atoms with Crippen molar-refractivity contribution >= 4 is 16.9 Å². The molecule has 0 amide bonds. The van der Waals surface area contributed by atoms with Crippen LogP contribution in [0.3, 0.4) is 0 Å². The third-order valence-electron chi connectivity index (χ3n) is 2.98. The van der Waals surface area contributed by atoms with Crippen molar-refractivity contribution in [2.45, 2.75) is 6.92 Å². The van der Waals surface area contributed by atoms with Crippen LogP contribution in [0.1, 0.15) is 5.69 Å². The first-order valence-electron chi connectivity index (χ1n) is 5.99. The normalized spacial score (nSPS) is 10.9. The van der Waals surface area contributed by atoms with E-state index in [0.717, 1.165) is 33.8 Å². The Morgan fingerprint density at radius 2 is 2.00 bits per heavy atom. The van der Waals surface area contributed by atoms with Crippen LogP contribution in [-0.2, 0) is 7.05 Å². The van der Waals surface area contributed by atoms with Crippen LogP contribution in [0, 0.1) is 6.92 Å². The van der Waals surface area contributed by atoms with Gasteiger partial charge in [0.05, 0.1) is 16.9 Å². The van der Waals surface area contributed by atoms with Gasteiger partial charge in [-0.1, -0.05) is 0 Å². The first kappa shape index (κ1) is 11.6. The summed E-state index contributed by atoms with van der Waals surface area (Å²) in [5.41, 5.74) is 4.39. The average molecular weight is 254 g/mol. The molecule has 0 radical (unpaired) electrons. The lowest BCUT2D eigenvalue weighted by molar-refractivity contribution is 0.756. The van der Waals surface area contributed by atoms with Gasteiger partial charge in [0.1, 0.15) is 5.52 Å². The molecule has 1 N–H and O–H groups in total. The van der Waals surface area contributed by atoms with E-state index in [2.05, 4.69) is 25.4 Å². The zero-order valence-electron chi connectivity index (χ0n) is 11.0. The SMILES string of the molecule is CNc1nc(-c2cn(C)nc2C)cc2nccnc12. The summed E-state index contributed by atoms with van der Waals surface area (Å²) in [5, 5.41) is 7.41. The van der Waals surface area contributed by atoms with Crippen LogP contribution < -0.4 is 5.32 Å². The second-order valence-electron chi connectivity index (χ2n) is 4.33. The summed E-state index contributed by atoms with van der Waals surface area (Å²) in [7, 11) is 3.73. The number of aryl methyl sites for hydroxylation is 2. The number of nitrogens with one attached hydrogen (secondary N) is 1. The quantitative estimate of drug-likeness (QED) is 0.755. The van der Waals surface area contributed by atoms with E-state index in [1.54, 1.807) is 17.1 Å². The maximum atomic E-state index is 4.60. The Morgan fingerprint density at radius 3 is 2.68 bits per heavy atom. The topological polar surface area (TPSA) is 68.5 Å². The first-order valence-corrected chi connectivity index (χ1v) is 5.99. The van der Waals surface area contributed by atoms with Gasteiger partial charge in [0.15, 0.2) is 5.82 Å². The standard InChI is InChI=1S/C13H14N6/c1-8-9(7-19(3)18-8)10-6-11-12(13(14-2)17-10)16-5-4-15-11/h4-7H,1-3H3,(H,14,17). The van der Waals surface area contributed by atoms with Gasteiger partial charge in [-0.05, 0) is 13.0 Å². The summed E-state index contributed by atoms with van der Waals surface area (Å²) >= 11 is 0. The van der Waals surface area contributed by atoms with E-state index >= 15 is 0 Å². The predicted octanol–water partition coefficient (Wildman–Crippen LogP) is 1.78. The smallest absolute Gasteiger partial charge is 0.154 e. The molecule has 0 aromatic carbocycles. The molecule has 0 unspecified atom stereocenters. The molecule has 0 aliphatic heterocycles. The van der Waals surface area contributed by atoms with Crippen LogP contribution in [-0.4, -0.2) is 31.8 Å². The van der Waals surface area contributed by atoms with Crippen molar-refractivity contribution in [3.8, 4) is 11.3 Å². The molecule has 6 nitrogen and oxygen atoms in total. The molecule has 0 saturated heterocycles. The Balaban J connectivity index is 2.28. The largest absolute Gasteiger partial charge is 0.371 e. The van der Waals surface area contributed by atoms with Gasteiger partial charge in [-0.2, -0.15) is 5.10 Å². The number of pyridine rings is 1. The predicted molar refractivity (Wildman–Crippen MR) is 73.8 cm³/mol. The molecule has 3 aromatic heterocycles. The zero-order valence-corrected chi connectivity index (χ0v) is 11.0. The number of hydrogen-bond acceptors (Lipinski definition) is 5. The van der Waals surface area contributed by atoms with Gasteiger partial charge in [0.2, 0.25) is 0 Å². The highest BCUT2D eigenvalue weighted by atomic mass is 15.2. The molecular weight excluding hydrogens is 240 g/mol. The lowest BCUT2D eigenvalue weighted by Gasteiger charge is -2.06. The van der Waals surface area contributed by atoms with Crippen molar-refractivity contribution in [2.24, 2.45) is 7.05 Å². The summed E-state index contributed by atoms with van der Waals surface area (Å²) in [4.78, 5) is 13.2. The number of nitrogens with zero attached hydrogens (tertiary/aromatic N) is 5. The number of hydrogen-bond donors (Lipinski definition) is 1. The van der Waals surface area contributed by atoms with Gasteiger partial charge >= 0.3 is 0 Å². The van der Waals surface area contributed by atoms with Gasteiger partial charge in [-0.3, -0.25) is 9.67 Å². The molecule has 0 saturated carbocycles. The fourth-order valence-electron chi connectivity index (χ4n) is 2.14. The highest BCUT2D eigenvalue weighted by molar-refractivity contribution is 5.88. The van der Waals surface area contributed by atoms with E-state index in [4.69, 9.17) is 0 Å². The highest BCUT2D eigenvalue weighted by Crippen LogP contribution is 2.26. The molecule has 0 fully saturated rings. The molecule has 96 valence electrons. The highest BCUT2D eigenvalue weighted by Gasteiger charge is 2.12. The molecule has 0 aliphatic carbocycles. The van der Waals surface area contributed by atoms with Crippen molar-refractivity contribution in [3.63, 3.8) is 0 Å². The molecule has 0 atom stereocenters. The van der Waals surface area contributed by atoms with Gasteiger partial charge < -0.3 is 5.32 Å². The molecule has 6 heteroatoms. The number of fused-ring (bicyclic) bond motifs is 1. The second kappa shape index (κ2) is 4.31. The molecule has 0 spiro atoms. The number of rotatable bonds is 2. The maximum Gasteiger partial charge on any atom is 0.154 e. The van der Waals surface area contributed by atoms with E-state index in [-0.39, 0.29) is 0 Å². The van der Waals surface area contributed by atoms with Crippen molar-refractivity contribution in [1.82, 2.24) is 24.7 Å². The van der Waals surface area contributed by atoms with E-state index in [0.29, 0.717) is 0 Å². The Hall–Kier alpha value is -2.50. The van der Waals surface area contributed by atoms with Crippen molar-refractivity contribution in [1.29, 1.82) is 0 Å². The average Bonchev–Trinajstić information content (AvgIpc) is 2.76.